The van der Waals surface area contributed by atoms with Crippen LogP contribution >= 0.6 is 11.8 Å². The Bertz CT molecular complexity index is 3650. The molecule has 5 unspecified atom stereocenters. The Labute approximate surface area is 519 Å². The predicted octanol–water partition coefficient (Wildman–Crippen LogP) is 2.54. The van der Waals surface area contributed by atoms with Gasteiger partial charge in [0, 0.05) is 79.9 Å². The van der Waals surface area contributed by atoms with Crippen molar-refractivity contribution in [1.29, 1.82) is 0 Å². The van der Waals surface area contributed by atoms with E-state index >= 15 is 0 Å². The van der Waals surface area contributed by atoms with Crippen molar-refractivity contribution in [3.8, 4) is 11.3 Å². The zero-order chi connectivity index (χ0) is 66.4. The minimum Gasteiger partial charge on any atom is -0.481 e. The Hall–Kier alpha value is -7.36. The molecule has 0 spiro atoms. The Morgan fingerprint density at radius 3 is 2.09 bits per heavy atom. The predicted molar refractivity (Wildman–Crippen MR) is 324 cm³/mol. The summed E-state index contributed by atoms with van der Waals surface area (Å²) in [5, 5.41) is 25.4. The molecule has 5 rings (SSSR count). The molecule has 3 heterocycles. The van der Waals surface area contributed by atoms with Gasteiger partial charge in [-0.05, 0) is 98.6 Å². The number of carboxylic acids is 2. The molecule has 5 amide bonds. The fourth-order valence-electron chi connectivity index (χ4n) is 10.4. The van der Waals surface area contributed by atoms with Crippen molar-refractivity contribution in [3.63, 3.8) is 0 Å². The monoisotopic (exact) mass is 1320 g/mol. The van der Waals surface area contributed by atoms with E-state index in [-0.39, 0.29) is 76.7 Å². The summed E-state index contributed by atoms with van der Waals surface area (Å²) in [5.41, 5.74) is 1.62. The van der Waals surface area contributed by atoms with E-state index in [9.17, 15) is 92.3 Å². The molecule has 32 heteroatoms. The summed E-state index contributed by atoms with van der Waals surface area (Å²) in [6.45, 7) is 10.8. The Kier molecular flexibility index (Phi) is 25.1. The summed E-state index contributed by atoms with van der Waals surface area (Å²) in [7, 11) is -13.3. The third-order valence-corrected chi connectivity index (χ3v) is 18.5. The molecule has 4 aliphatic rings. The Morgan fingerprint density at radius 2 is 1.48 bits per heavy atom. The zero-order valence-corrected chi connectivity index (χ0v) is 53.1. The number of Topliss-reactive ketones (excluding diaryl/α,β-unsaturated/α-hetero) is 1. The van der Waals surface area contributed by atoms with Gasteiger partial charge in [0.2, 0.25) is 34.9 Å². The van der Waals surface area contributed by atoms with Crippen molar-refractivity contribution in [3.05, 3.63) is 82.6 Å². The number of likely N-dealkylation sites (tertiary alicyclic amines) is 1. The number of anilines is 1. The number of nitrogens with one attached hydrogen (secondary N) is 3. The average Bonchev–Trinajstić information content (AvgIpc) is 2.21. The highest BCUT2D eigenvalue weighted by molar-refractivity contribution is 8.00. The van der Waals surface area contributed by atoms with Gasteiger partial charge in [0.15, 0.2) is 0 Å². The average molecular weight is 1320 g/mol. The maximum Gasteiger partial charge on any atom is 0.327 e. The largest absolute Gasteiger partial charge is 0.481 e. The lowest BCUT2D eigenvalue weighted by Gasteiger charge is -2.30. The number of hydrogen-bond donors (Lipinski definition) is 8. The standard InChI is InChI=1S/C57H74N6O22S4/c1-7-61(22-11-25-87(75,76)77)36-17-19-40-41(56(3,4)5)28-38(85-47(40)27-36)15-8-16-49-57(6,42-29-39(89(81,82)83)18-20-46(42)62(49)24-12-26-88(78,79)80)21-9-13-37(66)14-10-23-63-50(67)31-48(54(63)72)86-33-45(55(73)74)60-52(70)43(30-51(68)69)59-53(71)44(32-84-34-64)58-35(2)65/h8,15-20,27-29,34,43-45,48H,7,9-14,21-26,30-33H2,1-6H3,(H7-,58,59,60,65,68,69,70,71,73,74,75,76,77,78,79,80,81,82,83)/p+1. The van der Waals surface area contributed by atoms with Gasteiger partial charge in [0.1, 0.15) is 55.1 Å². The molecule has 8 N–H and O–H groups in total. The first-order valence-electron chi connectivity index (χ1n) is 28.2. The van der Waals surface area contributed by atoms with Crippen LogP contribution in [0.25, 0.3) is 17.4 Å². The van der Waals surface area contributed by atoms with Crippen molar-refractivity contribution in [2.45, 2.75) is 138 Å². The van der Waals surface area contributed by atoms with Gasteiger partial charge in [-0.3, -0.25) is 56.9 Å². The van der Waals surface area contributed by atoms with Crippen LogP contribution in [-0.2, 0) is 89.1 Å². The van der Waals surface area contributed by atoms with Crippen LogP contribution in [-0.4, -0.2) is 181 Å². The van der Waals surface area contributed by atoms with Gasteiger partial charge in [0.05, 0.1) is 34.1 Å². The zero-order valence-electron chi connectivity index (χ0n) is 49.8. The molecular formula is C57H75N6O22S4+. The molecule has 1 aromatic rings. The first kappa shape index (κ1) is 72.4. The molecule has 89 heavy (non-hydrogen) atoms. The summed E-state index contributed by atoms with van der Waals surface area (Å²) in [6, 6.07) is 6.30. The number of carbonyl (C=O) groups is 9. The van der Waals surface area contributed by atoms with Crippen LogP contribution < -0.4 is 30.8 Å². The lowest BCUT2D eigenvalue weighted by molar-refractivity contribution is -0.143. The lowest BCUT2D eigenvalue weighted by Crippen LogP contribution is -2.57. The number of nitrogens with zero attached hydrogens (tertiary/aromatic N) is 3. The van der Waals surface area contributed by atoms with Crippen LogP contribution in [0, 0.1) is 0 Å². The first-order chi connectivity index (χ1) is 41.5. The van der Waals surface area contributed by atoms with Gasteiger partial charge in [0.25, 0.3) is 36.8 Å². The van der Waals surface area contributed by atoms with E-state index in [0.29, 0.717) is 53.3 Å². The van der Waals surface area contributed by atoms with Gasteiger partial charge < -0.3 is 40.2 Å². The van der Waals surface area contributed by atoms with Crippen LogP contribution in [0.2, 0.25) is 0 Å². The summed E-state index contributed by atoms with van der Waals surface area (Å²) in [5.74, 6) is -8.54. The third kappa shape index (κ3) is 20.9. The smallest absolute Gasteiger partial charge is 0.327 e. The lowest BCUT2D eigenvalue weighted by atomic mass is 9.77. The molecule has 1 aliphatic carbocycles. The van der Waals surface area contributed by atoms with Gasteiger partial charge in [-0.2, -0.15) is 25.3 Å². The summed E-state index contributed by atoms with van der Waals surface area (Å²) in [4.78, 5) is 115. The number of carbonyl (C=O) groups excluding carboxylic acids is 7. The summed E-state index contributed by atoms with van der Waals surface area (Å²) >= 11 is 0.715. The van der Waals surface area contributed by atoms with Crippen LogP contribution in [0.1, 0.15) is 116 Å². The topological polar surface area (TPSA) is 425 Å². The quantitative estimate of drug-likeness (QED) is 0.0184. The van der Waals surface area contributed by atoms with Crippen molar-refractivity contribution in [1.82, 2.24) is 25.4 Å². The van der Waals surface area contributed by atoms with E-state index in [2.05, 4.69) is 20.7 Å². The SMILES string of the molecule is CC[N+](CCCS(=O)(=O)O)=c1ccc2c(C(C)(C)C)cc(/C=C/C=C3\N(CCCS(=O)(=O)O)c4ccc(S(=O)(=O)O)cc4C3(C)CCCC(=O)CCCN3C(=O)CC(SCC(NC(=O)C(CC(=O)O)NC(=O)C(COC=O)NC(C)=O)C(=O)O)C3=O)oc-2c1. The van der Waals surface area contributed by atoms with Crippen molar-refractivity contribution in [2.75, 3.05) is 54.9 Å². The van der Waals surface area contributed by atoms with E-state index in [1.807, 2.05) is 56.5 Å². The minimum atomic E-state index is -4.76. The van der Waals surface area contributed by atoms with Crippen molar-refractivity contribution in [2.24, 2.45) is 0 Å². The number of carboxylic acid groups (broad SMARTS) is 2. The first-order valence-corrected chi connectivity index (χ1v) is 33.9. The second-order valence-corrected chi connectivity index (χ2v) is 28.3. The number of thioether (sulfide) groups is 1. The number of ketones is 1. The molecule has 3 aliphatic heterocycles. The molecule has 28 nitrogen and oxygen atoms in total. The molecule has 0 saturated carbocycles. The van der Waals surface area contributed by atoms with Crippen molar-refractivity contribution < 1.29 is 101 Å². The van der Waals surface area contributed by atoms with E-state index in [1.165, 1.54) is 18.2 Å². The number of amides is 5. The fourth-order valence-corrected chi connectivity index (χ4v) is 13.1. The second kappa shape index (κ2) is 30.9. The summed E-state index contributed by atoms with van der Waals surface area (Å²) in [6.07, 6.45) is 4.08. The van der Waals surface area contributed by atoms with Crippen LogP contribution in [0.3, 0.4) is 0 Å². The molecule has 488 valence electrons. The van der Waals surface area contributed by atoms with Gasteiger partial charge >= 0.3 is 11.9 Å². The van der Waals surface area contributed by atoms with Crippen LogP contribution in [0.15, 0.2) is 69.6 Å². The van der Waals surface area contributed by atoms with Crippen LogP contribution in [0.4, 0.5) is 5.69 Å². The molecule has 0 aromatic heterocycles. The Morgan fingerprint density at radius 1 is 0.843 bits per heavy atom. The second-order valence-electron chi connectivity index (χ2n) is 22.5. The molecule has 1 saturated heterocycles. The van der Waals surface area contributed by atoms with E-state index in [1.54, 1.807) is 30.1 Å². The van der Waals surface area contributed by atoms with Gasteiger partial charge in [-0.15, -0.1) is 11.8 Å². The minimum absolute atomic E-state index is 0.00730. The number of ether oxygens (including phenoxy) is 1. The summed E-state index contributed by atoms with van der Waals surface area (Å²) < 4.78 is 114. The number of imide groups is 1. The number of aliphatic carboxylic acids is 2. The number of benzene rings is 2. The number of allylic oxidation sites excluding steroid dienone is 3. The number of fused-ring (bicyclic) bond motifs is 2. The highest BCUT2D eigenvalue weighted by atomic mass is 32.2. The third-order valence-electron chi connectivity index (χ3n) is 14.7. The highest BCUT2D eigenvalue weighted by Crippen LogP contribution is 2.51. The van der Waals surface area contributed by atoms with E-state index in [4.69, 9.17) is 4.42 Å². The van der Waals surface area contributed by atoms with Gasteiger partial charge in [-0.1, -0.05) is 26.8 Å². The van der Waals surface area contributed by atoms with Gasteiger partial charge in [-0.25, -0.2) is 9.37 Å². The Balaban J connectivity index is 1.33. The molecule has 5 atom stereocenters. The molecule has 0 bridgehead atoms. The molecule has 1 fully saturated rings. The highest BCUT2D eigenvalue weighted by Gasteiger charge is 2.44. The molecular weight excluding hydrogens is 1250 g/mol. The molecule has 0 radical (unpaired) electrons. The normalized spacial score (nSPS) is 18.2. The maximum atomic E-state index is 13.6. The van der Waals surface area contributed by atoms with Crippen LogP contribution in [0.5, 0.6) is 0 Å². The number of hydrogen-bond acceptors (Lipinski definition) is 19. The number of rotatable bonds is 34. The maximum absolute atomic E-state index is 13.6. The fraction of sp³-hybridized carbons (Fsp3) is 0.509. The van der Waals surface area contributed by atoms with Crippen molar-refractivity contribution >= 4 is 108 Å². The van der Waals surface area contributed by atoms with E-state index in [0.717, 1.165) is 28.3 Å². The van der Waals surface area contributed by atoms with E-state index < -0.39 is 141 Å². The molecule has 1 aromatic carbocycles.